The molecule has 0 aliphatic heterocycles. The minimum atomic E-state index is 0.689. The predicted molar refractivity (Wildman–Crippen MR) is 74.8 cm³/mol. The molecule has 1 heterocycles. The minimum absolute atomic E-state index is 0.689. The fraction of sp³-hybridized carbons (Fsp3) is 0. The molecule has 0 aliphatic carbocycles. The summed E-state index contributed by atoms with van der Waals surface area (Å²) in [6.07, 6.45) is 3.45. The van der Waals surface area contributed by atoms with Gasteiger partial charge in [-0.1, -0.05) is 24.3 Å². The molecular formula is C15H9N3S. The Morgan fingerprint density at radius 2 is 1.63 bits per heavy atom. The summed E-state index contributed by atoms with van der Waals surface area (Å²) in [5.41, 5.74) is 0.689. The van der Waals surface area contributed by atoms with Gasteiger partial charge in [-0.25, -0.2) is 9.97 Å². The van der Waals surface area contributed by atoms with Crippen LogP contribution in [-0.2, 0) is 0 Å². The van der Waals surface area contributed by atoms with E-state index >= 15 is 0 Å². The number of aromatic nitrogens is 2. The number of nitriles is 1. The van der Waals surface area contributed by atoms with Crippen LogP contribution in [0.15, 0.2) is 64.9 Å². The van der Waals surface area contributed by atoms with Crippen LogP contribution in [0.2, 0.25) is 0 Å². The van der Waals surface area contributed by atoms with Crippen LogP contribution in [0.5, 0.6) is 0 Å². The fourth-order valence-electron chi connectivity index (χ4n) is 1.89. The quantitative estimate of drug-likeness (QED) is 0.662. The van der Waals surface area contributed by atoms with Crippen molar-refractivity contribution < 1.29 is 0 Å². The fourth-order valence-corrected chi connectivity index (χ4v) is 2.74. The van der Waals surface area contributed by atoms with Gasteiger partial charge in [0.1, 0.15) is 0 Å². The molecular weight excluding hydrogens is 254 g/mol. The molecule has 0 fully saturated rings. The van der Waals surface area contributed by atoms with Crippen LogP contribution in [0.25, 0.3) is 10.8 Å². The number of nitrogens with zero attached hydrogens (tertiary/aromatic N) is 3. The van der Waals surface area contributed by atoms with Gasteiger partial charge in [0.05, 0.1) is 11.6 Å². The third-order valence-corrected chi connectivity index (χ3v) is 3.72. The normalized spacial score (nSPS) is 10.3. The highest BCUT2D eigenvalue weighted by atomic mass is 32.2. The van der Waals surface area contributed by atoms with E-state index in [0.29, 0.717) is 10.7 Å². The molecule has 1 aromatic heterocycles. The maximum absolute atomic E-state index is 9.13. The van der Waals surface area contributed by atoms with Crippen LogP contribution in [0.3, 0.4) is 0 Å². The van der Waals surface area contributed by atoms with Gasteiger partial charge >= 0.3 is 0 Å². The van der Waals surface area contributed by atoms with Gasteiger partial charge in [-0.3, -0.25) is 0 Å². The molecule has 2 aromatic carbocycles. The zero-order valence-corrected chi connectivity index (χ0v) is 10.8. The van der Waals surface area contributed by atoms with Gasteiger partial charge in [0.15, 0.2) is 5.16 Å². The molecule has 3 nitrogen and oxygen atoms in total. The molecule has 3 rings (SSSR count). The number of hydrogen-bond acceptors (Lipinski definition) is 4. The van der Waals surface area contributed by atoms with Gasteiger partial charge in [-0.05, 0) is 35.3 Å². The molecule has 0 amide bonds. The van der Waals surface area contributed by atoms with E-state index in [1.807, 2.05) is 36.4 Å². The molecule has 19 heavy (non-hydrogen) atoms. The van der Waals surface area contributed by atoms with Crippen LogP contribution in [0.1, 0.15) is 5.56 Å². The highest BCUT2D eigenvalue weighted by Gasteiger charge is 2.07. The molecule has 0 radical (unpaired) electrons. The summed E-state index contributed by atoms with van der Waals surface area (Å²) in [7, 11) is 0. The van der Waals surface area contributed by atoms with Gasteiger partial charge in [0.25, 0.3) is 0 Å². The van der Waals surface area contributed by atoms with Crippen LogP contribution in [0.4, 0.5) is 0 Å². The Hall–Kier alpha value is -2.38. The van der Waals surface area contributed by atoms with E-state index in [2.05, 4.69) is 16.0 Å². The first-order valence-electron chi connectivity index (χ1n) is 5.75. The number of hydrogen-bond donors (Lipinski definition) is 0. The van der Waals surface area contributed by atoms with Crippen molar-refractivity contribution in [2.24, 2.45) is 0 Å². The summed E-state index contributed by atoms with van der Waals surface area (Å²) >= 11 is 1.50. The molecule has 0 saturated carbocycles. The van der Waals surface area contributed by atoms with Gasteiger partial charge < -0.3 is 0 Å². The maximum Gasteiger partial charge on any atom is 0.192 e. The zero-order valence-electron chi connectivity index (χ0n) is 9.95. The second-order valence-corrected chi connectivity index (χ2v) is 4.91. The molecule has 3 aromatic rings. The largest absolute Gasteiger partial charge is 0.231 e. The van der Waals surface area contributed by atoms with E-state index in [0.717, 1.165) is 15.7 Å². The summed E-state index contributed by atoms with van der Waals surface area (Å²) < 4.78 is 0. The first-order valence-corrected chi connectivity index (χ1v) is 6.57. The first kappa shape index (κ1) is 11.7. The Bertz CT molecular complexity index is 763. The summed E-state index contributed by atoms with van der Waals surface area (Å²) in [4.78, 5) is 9.48. The average molecular weight is 263 g/mol. The molecule has 0 saturated heterocycles. The molecule has 4 heteroatoms. The van der Waals surface area contributed by atoms with Crippen molar-refractivity contribution in [1.82, 2.24) is 9.97 Å². The van der Waals surface area contributed by atoms with E-state index in [-0.39, 0.29) is 0 Å². The van der Waals surface area contributed by atoms with Crippen LogP contribution < -0.4 is 0 Å². The number of rotatable bonds is 2. The molecule has 0 aliphatic rings. The maximum atomic E-state index is 9.13. The highest BCUT2D eigenvalue weighted by Crippen LogP contribution is 2.32. The predicted octanol–water partition coefficient (Wildman–Crippen LogP) is 3.65. The van der Waals surface area contributed by atoms with E-state index in [1.54, 1.807) is 18.5 Å². The third kappa shape index (κ3) is 2.28. The molecule has 0 atom stereocenters. The molecule has 0 unspecified atom stereocenters. The number of fused-ring (bicyclic) bond motifs is 1. The Balaban J connectivity index is 2.13. The van der Waals surface area contributed by atoms with Crippen LogP contribution in [-0.4, -0.2) is 9.97 Å². The molecule has 0 bridgehead atoms. The Labute approximate surface area is 114 Å². The second kappa shape index (κ2) is 5.09. The standard InChI is InChI=1S/C15H9N3S/c16-10-11-6-7-14(13-5-2-1-4-12(11)13)19-15-17-8-3-9-18-15/h1-9H. The van der Waals surface area contributed by atoms with E-state index in [1.165, 1.54) is 11.8 Å². The SMILES string of the molecule is N#Cc1ccc(Sc2ncccn2)c2ccccc12. The lowest BCUT2D eigenvalue weighted by Crippen LogP contribution is -1.86. The van der Waals surface area contributed by atoms with Crippen LogP contribution >= 0.6 is 11.8 Å². The van der Waals surface area contributed by atoms with E-state index in [9.17, 15) is 0 Å². The van der Waals surface area contributed by atoms with Crippen molar-refractivity contribution in [3.05, 3.63) is 60.4 Å². The highest BCUT2D eigenvalue weighted by molar-refractivity contribution is 7.99. The van der Waals surface area contributed by atoms with Crippen LogP contribution in [0, 0.1) is 11.3 Å². The molecule has 90 valence electrons. The number of benzene rings is 2. The van der Waals surface area contributed by atoms with E-state index in [4.69, 9.17) is 5.26 Å². The topological polar surface area (TPSA) is 49.6 Å². The third-order valence-electron chi connectivity index (χ3n) is 2.75. The Morgan fingerprint density at radius 1 is 0.895 bits per heavy atom. The van der Waals surface area contributed by atoms with Crippen molar-refractivity contribution in [3.8, 4) is 6.07 Å². The molecule has 0 spiro atoms. The first-order chi connectivity index (χ1) is 9.38. The lowest BCUT2D eigenvalue weighted by Gasteiger charge is -2.06. The van der Waals surface area contributed by atoms with Crippen molar-refractivity contribution in [3.63, 3.8) is 0 Å². The molecule has 0 N–H and O–H groups in total. The van der Waals surface area contributed by atoms with Gasteiger partial charge in [0, 0.05) is 22.7 Å². The van der Waals surface area contributed by atoms with Crippen molar-refractivity contribution >= 4 is 22.5 Å². The zero-order chi connectivity index (χ0) is 13.1. The van der Waals surface area contributed by atoms with Crippen molar-refractivity contribution in [2.45, 2.75) is 10.1 Å². The summed E-state index contributed by atoms with van der Waals surface area (Å²) in [6, 6.07) is 15.7. The van der Waals surface area contributed by atoms with Gasteiger partial charge in [-0.15, -0.1) is 0 Å². The minimum Gasteiger partial charge on any atom is -0.231 e. The smallest absolute Gasteiger partial charge is 0.192 e. The summed E-state index contributed by atoms with van der Waals surface area (Å²) in [6.45, 7) is 0. The summed E-state index contributed by atoms with van der Waals surface area (Å²) in [5.74, 6) is 0. The van der Waals surface area contributed by atoms with E-state index < -0.39 is 0 Å². The second-order valence-electron chi connectivity index (χ2n) is 3.90. The average Bonchev–Trinajstić information content (AvgIpc) is 2.49. The monoisotopic (exact) mass is 263 g/mol. The lowest BCUT2D eigenvalue weighted by molar-refractivity contribution is 0.967. The lowest BCUT2D eigenvalue weighted by atomic mass is 10.1. The van der Waals surface area contributed by atoms with Gasteiger partial charge in [0.2, 0.25) is 0 Å². The Morgan fingerprint density at radius 3 is 2.37 bits per heavy atom. The van der Waals surface area contributed by atoms with Gasteiger partial charge in [-0.2, -0.15) is 5.26 Å². The Kier molecular flexibility index (Phi) is 3.13. The summed E-state index contributed by atoms with van der Waals surface area (Å²) in [5, 5.41) is 11.9. The van der Waals surface area contributed by atoms with Crippen molar-refractivity contribution in [2.75, 3.05) is 0 Å². The van der Waals surface area contributed by atoms with Crippen molar-refractivity contribution in [1.29, 1.82) is 5.26 Å².